The first kappa shape index (κ1) is 23.4. The Balaban J connectivity index is 2.51. The second-order valence-corrected chi connectivity index (χ2v) is 8.26. The molecule has 0 aliphatic heterocycles. The van der Waals surface area contributed by atoms with Crippen LogP contribution in [0.5, 0.6) is 0 Å². The summed E-state index contributed by atoms with van der Waals surface area (Å²) in [5.41, 5.74) is 0.620. The average Bonchev–Trinajstić information content (AvgIpc) is 2.58. The fourth-order valence-electron chi connectivity index (χ4n) is 3.63. The lowest BCUT2D eigenvalue weighted by atomic mass is 9.77. The van der Waals surface area contributed by atoms with Gasteiger partial charge in [-0.2, -0.15) is 6.42 Å². The Labute approximate surface area is 161 Å². The van der Waals surface area contributed by atoms with E-state index in [1.165, 1.54) is 5.57 Å². The molecule has 1 rings (SSSR count). The Bertz CT molecular complexity index is 439. The van der Waals surface area contributed by atoms with E-state index in [0.717, 1.165) is 58.0 Å². The summed E-state index contributed by atoms with van der Waals surface area (Å²) in [6.07, 6.45) is 13.5. The van der Waals surface area contributed by atoms with Crippen molar-refractivity contribution < 1.29 is 14.9 Å². The van der Waals surface area contributed by atoms with E-state index < -0.39 is 5.60 Å². The number of hydrogen-bond acceptors (Lipinski definition) is 3. The molecule has 1 aliphatic carbocycles. The lowest BCUT2D eigenvalue weighted by molar-refractivity contribution is -0.0111. The molecule has 1 aliphatic rings. The second kappa shape index (κ2) is 11.9. The molecule has 3 heteroatoms. The maximum Gasteiger partial charge on any atom is 0.0818 e. The van der Waals surface area contributed by atoms with Crippen molar-refractivity contribution >= 4 is 0 Å². The Hall–Kier alpha value is -0.640. The quantitative estimate of drug-likeness (QED) is 0.283. The molecule has 0 radical (unpaired) electrons. The third-order valence-corrected chi connectivity index (χ3v) is 5.71. The zero-order valence-electron chi connectivity index (χ0n) is 17.4. The van der Waals surface area contributed by atoms with E-state index in [-0.39, 0.29) is 18.1 Å². The van der Waals surface area contributed by atoms with E-state index in [2.05, 4.69) is 39.8 Å². The van der Waals surface area contributed by atoms with E-state index in [1.54, 1.807) is 0 Å². The average molecular weight is 366 g/mol. The number of allylic oxidation sites excluding steroid dienone is 2. The maximum atomic E-state index is 10.3. The van der Waals surface area contributed by atoms with Crippen LogP contribution in [-0.4, -0.2) is 34.6 Å². The van der Waals surface area contributed by atoms with Gasteiger partial charge in [-0.25, -0.2) is 0 Å². The van der Waals surface area contributed by atoms with Crippen LogP contribution in [0.3, 0.4) is 0 Å². The lowest BCUT2D eigenvalue weighted by Crippen LogP contribution is -2.38. The molecular formula is C23H41O3-. The fourth-order valence-corrected chi connectivity index (χ4v) is 3.63. The highest BCUT2D eigenvalue weighted by Gasteiger charge is 2.34. The smallest absolute Gasteiger partial charge is 0.0818 e. The predicted molar refractivity (Wildman–Crippen MR) is 110 cm³/mol. The Morgan fingerprint density at radius 1 is 1.19 bits per heavy atom. The maximum absolute atomic E-state index is 10.3. The van der Waals surface area contributed by atoms with Crippen LogP contribution in [0.4, 0.5) is 0 Å². The van der Waals surface area contributed by atoms with Crippen LogP contribution < -0.4 is 0 Å². The molecule has 26 heavy (non-hydrogen) atoms. The summed E-state index contributed by atoms with van der Waals surface area (Å²) in [6.45, 7) is 13.0. The number of unbranched alkanes of at least 4 members (excludes halogenated alkanes) is 2. The van der Waals surface area contributed by atoms with Gasteiger partial charge in [-0.15, -0.1) is 0 Å². The molecule has 3 nitrogen and oxygen atoms in total. The van der Waals surface area contributed by atoms with E-state index in [4.69, 9.17) is 4.74 Å². The van der Waals surface area contributed by atoms with Crippen molar-refractivity contribution in [2.75, 3.05) is 6.61 Å². The summed E-state index contributed by atoms with van der Waals surface area (Å²) >= 11 is 0. The summed E-state index contributed by atoms with van der Waals surface area (Å²) in [6, 6.07) is 0. The van der Waals surface area contributed by atoms with Gasteiger partial charge in [0.1, 0.15) is 0 Å². The topological polar surface area (TPSA) is 49.7 Å². The van der Waals surface area contributed by atoms with Crippen molar-refractivity contribution in [3.05, 3.63) is 30.7 Å². The molecule has 152 valence electrons. The molecule has 0 aromatic rings. The van der Waals surface area contributed by atoms with E-state index >= 15 is 0 Å². The molecule has 0 saturated heterocycles. The van der Waals surface area contributed by atoms with Gasteiger partial charge in [0.15, 0.2) is 0 Å². The summed E-state index contributed by atoms with van der Waals surface area (Å²) in [5, 5.41) is 20.5. The molecule has 0 fully saturated rings. The van der Waals surface area contributed by atoms with Gasteiger partial charge in [0.05, 0.1) is 17.8 Å². The SMILES string of the molecule is [CH2-]CCC(C)(O)CCC/C=C/CC1=CC(O)C(C)C(C)C1OCCCC. The van der Waals surface area contributed by atoms with E-state index in [9.17, 15) is 10.2 Å². The minimum Gasteiger partial charge on any atom is -0.390 e. The normalized spacial score (nSPS) is 29.0. The van der Waals surface area contributed by atoms with Crippen LogP contribution in [-0.2, 0) is 4.74 Å². The van der Waals surface area contributed by atoms with Crippen molar-refractivity contribution in [3.63, 3.8) is 0 Å². The molecule has 0 heterocycles. The van der Waals surface area contributed by atoms with Crippen LogP contribution >= 0.6 is 0 Å². The van der Waals surface area contributed by atoms with Crippen LogP contribution in [0.25, 0.3) is 0 Å². The Morgan fingerprint density at radius 2 is 1.92 bits per heavy atom. The minimum atomic E-state index is -0.588. The number of aliphatic hydroxyl groups is 2. The van der Waals surface area contributed by atoms with Gasteiger partial charge >= 0.3 is 0 Å². The van der Waals surface area contributed by atoms with Gasteiger partial charge in [-0.3, -0.25) is 0 Å². The molecule has 0 spiro atoms. The molecule has 0 bridgehead atoms. The van der Waals surface area contributed by atoms with Gasteiger partial charge in [-0.1, -0.05) is 51.8 Å². The van der Waals surface area contributed by atoms with Crippen molar-refractivity contribution in [1.29, 1.82) is 0 Å². The molecule has 5 atom stereocenters. The molecular weight excluding hydrogens is 324 g/mol. The minimum absolute atomic E-state index is 0.113. The van der Waals surface area contributed by atoms with Crippen molar-refractivity contribution in [1.82, 2.24) is 0 Å². The lowest BCUT2D eigenvalue weighted by Gasteiger charge is -2.37. The second-order valence-electron chi connectivity index (χ2n) is 8.26. The highest BCUT2D eigenvalue weighted by Crippen LogP contribution is 2.34. The largest absolute Gasteiger partial charge is 0.390 e. The van der Waals surface area contributed by atoms with E-state index in [0.29, 0.717) is 5.92 Å². The number of hydrogen-bond donors (Lipinski definition) is 2. The highest BCUT2D eigenvalue weighted by atomic mass is 16.5. The van der Waals surface area contributed by atoms with Gasteiger partial charge in [0.2, 0.25) is 0 Å². The number of ether oxygens (including phenoxy) is 1. The number of aliphatic hydroxyl groups excluding tert-OH is 1. The van der Waals surface area contributed by atoms with E-state index in [1.807, 2.05) is 13.0 Å². The van der Waals surface area contributed by atoms with Crippen LogP contribution in [0, 0.1) is 18.8 Å². The van der Waals surface area contributed by atoms with Gasteiger partial charge < -0.3 is 21.9 Å². The monoisotopic (exact) mass is 365 g/mol. The first-order valence-corrected chi connectivity index (χ1v) is 10.5. The summed E-state index contributed by atoms with van der Waals surface area (Å²) < 4.78 is 6.16. The third-order valence-electron chi connectivity index (χ3n) is 5.71. The molecule has 0 aromatic heterocycles. The Morgan fingerprint density at radius 3 is 2.58 bits per heavy atom. The zero-order valence-corrected chi connectivity index (χ0v) is 17.4. The first-order chi connectivity index (χ1) is 12.3. The standard InChI is InChI=1S/C23H41O3/c1-6-8-16-26-22-19(4)18(3)21(24)17-20(22)13-11-9-10-12-15-23(5,25)14-7-2/h9,11,17-19,21-22,24-25H,2,6-8,10,12-16H2,1,3-5H3/q-1/b11-9+. The van der Waals surface area contributed by atoms with Crippen LogP contribution in [0.15, 0.2) is 23.8 Å². The van der Waals surface area contributed by atoms with Crippen LogP contribution in [0.1, 0.15) is 79.1 Å². The number of rotatable bonds is 12. The molecule has 0 saturated carbocycles. The van der Waals surface area contributed by atoms with Gasteiger partial charge in [0.25, 0.3) is 0 Å². The molecule has 0 amide bonds. The van der Waals surface area contributed by atoms with Gasteiger partial charge in [-0.05, 0) is 56.4 Å². The predicted octanol–water partition coefficient (Wildman–Crippen LogP) is 5.23. The Kier molecular flexibility index (Phi) is 10.7. The summed E-state index contributed by atoms with van der Waals surface area (Å²) in [7, 11) is 0. The highest BCUT2D eigenvalue weighted by molar-refractivity contribution is 5.20. The fraction of sp³-hybridized carbons (Fsp3) is 0.783. The summed E-state index contributed by atoms with van der Waals surface area (Å²) in [5.74, 6) is 0.553. The molecule has 0 aromatic carbocycles. The third kappa shape index (κ3) is 7.94. The van der Waals surface area contributed by atoms with Gasteiger partial charge in [0, 0.05) is 6.61 Å². The molecule has 5 unspecified atom stereocenters. The van der Waals surface area contributed by atoms with Crippen LogP contribution in [0.2, 0.25) is 0 Å². The van der Waals surface area contributed by atoms with Crippen molar-refractivity contribution in [2.24, 2.45) is 11.8 Å². The zero-order chi connectivity index (χ0) is 19.6. The summed E-state index contributed by atoms with van der Waals surface area (Å²) in [4.78, 5) is 0. The van der Waals surface area contributed by atoms with Crippen molar-refractivity contribution in [3.8, 4) is 0 Å². The first-order valence-electron chi connectivity index (χ1n) is 10.5. The van der Waals surface area contributed by atoms with Crippen molar-refractivity contribution in [2.45, 2.75) is 96.9 Å². The molecule has 2 N–H and O–H groups in total.